The van der Waals surface area contributed by atoms with Gasteiger partial charge in [0, 0.05) is 24.9 Å². The number of benzene rings is 4. The summed E-state index contributed by atoms with van der Waals surface area (Å²) in [5, 5.41) is 5.04. The third-order valence-electron chi connectivity index (χ3n) is 15.1. The van der Waals surface area contributed by atoms with Crippen molar-refractivity contribution in [3.8, 4) is 33.5 Å². The average Bonchev–Trinajstić information content (AvgIpc) is 4.20. The number of ether oxygens (including phenoxy) is 2. The Morgan fingerprint density at radius 3 is 2.15 bits per heavy atom. The first kappa shape index (κ1) is 45.0. The summed E-state index contributed by atoms with van der Waals surface area (Å²) < 4.78 is 9.52. The third-order valence-corrected chi connectivity index (χ3v) is 15.1. The number of methoxy groups -OCH3 is 2. The molecule has 0 radical (unpaired) electrons. The molecule has 2 saturated heterocycles. The molecule has 3 fully saturated rings. The standard InChI is InChI=1S/C54H60N8O6/c1-29(2)41(27-56-53(65)67-5)51(63)61-23-10-14-46(61)50-57-42-22-16-32(26-43(42)58-50)33-18-21-39(47-34-17-15-31(34)25-40(33)47)37-19-20-38(36-12-8-7-11-35(36)37)44-28-55-49(59-44)45-13-9-24-62(45)52(64)48(30(3)4)60-54(66)68-6/h7-8,11-12,16,18-22,26-31,34,41,45-46,48H,9-10,13-15,17,23-25H2,1-6H3,(H,55,59)(H,57,58)(H,60,66). The molecule has 2 aliphatic heterocycles. The highest BCUT2D eigenvalue weighted by Gasteiger charge is 2.43. The number of nitrogens with zero attached hydrogens (tertiary/aromatic N) is 5. The number of likely N-dealkylation sites (tertiary alicyclic amines) is 2. The van der Waals surface area contributed by atoms with Crippen LogP contribution in [0.15, 0.2) is 77.9 Å². The number of H-pyrrole nitrogens is 2. The minimum atomic E-state index is -0.718. The van der Waals surface area contributed by atoms with Crippen molar-refractivity contribution in [2.45, 2.75) is 96.7 Å². The molecule has 0 spiro atoms. The molecule has 6 unspecified atom stereocenters. The van der Waals surface area contributed by atoms with E-state index < -0.39 is 24.1 Å². The monoisotopic (exact) mass is 916 g/mol. The van der Waals surface area contributed by atoms with Gasteiger partial charge < -0.3 is 34.6 Å². The zero-order chi connectivity index (χ0) is 47.4. The van der Waals surface area contributed by atoms with Crippen LogP contribution in [0.4, 0.5) is 9.59 Å². The molecule has 2 aromatic heterocycles. The molecule has 4 heterocycles. The highest BCUT2D eigenvalue weighted by molar-refractivity contribution is 6.05. The molecule has 3 N–H and O–H groups in total. The summed E-state index contributed by atoms with van der Waals surface area (Å²) in [5.41, 5.74) is 11.5. The van der Waals surface area contributed by atoms with Gasteiger partial charge >= 0.3 is 12.2 Å². The van der Waals surface area contributed by atoms with Crippen LogP contribution in [0.5, 0.6) is 0 Å². The molecule has 2 aliphatic carbocycles. The van der Waals surface area contributed by atoms with E-state index in [4.69, 9.17) is 14.7 Å². The smallest absolute Gasteiger partial charge is 0.432 e. The Labute approximate surface area is 396 Å². The van der Waals surface area contributed by atoms with Gasteiger partial charge in [-0.3, -0.25) is 9.59 Å². The van der Waals surface area contributed by atoms with Crippen molar-refractivity contribution in [2.24, 2.45) is 28.7 Å². The lowest BCUT2D eigenvalue weighted by Crippen LogP contribution is -2.51. The summed E-state index contributed by atoms with van der Waals surface area (Å²) in [6, 6.07) is 23.1. The largest absolute Gasteiger partial charge is 0.453 e. The molecule has 14 nitrogen and oxygen atoms in total. The van der Waals surface area contributed by atoms with Crippen LogP contribution >= 0.6 is 0 Å². The molecule has 6 atom stereocenters. The van der Waals surface area contributed by atoms with Crippen LogP contribution in [0.1, 0.15) is 107 Å². The Kier molecular flexibility index (Phi) is 12.1. The number of aliphatic imine (C=N–C) groups is 1. The van der Waals surface area contributed by atoms with Crippen molar-refractivity contribution in [2.75, 3.05) is 27.3 Å². The van der Waals surface area contributed by atoms with E-state index in [1.54, 1.807) is 0 Å². The van der Waals surface area contributed by atoms with Gasteiger partial charge in [-0.1, -0.05) is 82.3 Å². The number of imidazole rings is 2. The summed E-state index contributed by atoms with van der Waals surface area (Å²) >= 11 is 0. The summed E-state index contributed by atoms with van der Waals surface area (Å²) in [5.74, 6) is 1.75. The third kappa shape index (κ3) is 8.00. The van der Waals surface area contributed by atoms with E-state index in [2.05, 4.69) is 91.7 Å². The lowest BCUT2D eigenvalue weighted by molar-refractivity contribution is -0.136. The molecular weight excluding hydrogens is 857 g/mol. The van der Waals surface area contributed by atoms with Crippen LogP contribution in [-0.4, -0.2) is 93.3 Å². The molecule has 4 aromatic carbocycles. The summed E-state index contributed by atoms with van der Waals surface area (Å²) in [6.45, 7) is 8.97. The van der Waals surface area contributed by atoms with Gasteiger partial charge in [-0.25, -0.2) is 19.6 Å². The van der Waals surface area contributed by atoms with Gasteiger partial charge in [-0.15, -0.1) is 0 Å². The Bertz CT molecular complexity index is 2970. The number of carbonyl (C=O) groups is 4. The second-order valence-corrected chi connectivity index (χ2v) is 19.7. The van der Waals surface area contributed by atoms with E-state index in [1.807, 2.05) is 43.7 Å². The van der Waals surface area contributed by atoms with Gasteiger partial charge in [0.1, 0.15) is 17.7 Å². The zero-order valence-corrected chi connectivity index (χ0v) is 39.7. The Morgan fingerprint density at radius 1 is 0.765 bits per heavy atom. The number of amides is 4. The highest BCUT2D eigenvalue weighted by Crippen LogP contribution is 2.57. The van der Waals surface area contributed by atoms with Gasteiger partial charge in [-0.05, 0) is 125 Å². The predicted molar refractivity (Wildman–Crippen MR) is 262 cm³/mol. The number of rotatable bonds is 11. The fourth-order valence-corrected chi connectivity index (χ4v) is 11.4. The molecule has 10 rings (SSSR count). The van der Waals surface area contributed by atoms with Crippen LogP contribution in [0.3, 0.4) is 0 Å². The van der Waals surface area contributed by atoms with E-state index >= 15 is 0 Å². The molecule has 14 heteroatoms. The van der Waals surface area contributed by atoms with Crippen LogP contribution < -0.4 is 5.32 Å². The number of aromatic amines is 2. The summed E-state index contributed by atoms with van der Waals surface area (Å²) in [7, 11) is 2.58. The fourth-order valence-electron chi connectivity index (χ4n) is 11.4. The van der Waals surface area contributed by atoms with Crippen molar-refractivity contribution in [1.82, 2.24) is 35.1 Å². The SMILES string of the molecule is COC(=O)N=CC(C(=O)N1CCCC1c1nc2ccc(-c3ccc(-c4ccc(-c5cnc(C6CCCN6C(=O)C(NC(=O)OC)C(C)C)[nH]5)c5ccccc45)c4c3CC3CCC43)cc2[nH]1)C(C)C. The van der Waals surface area contributed by atoms with Gasteiger partial charge in [0.25, 0.3) is 0 Å². The zero-order valence-electron chi connectivity index (χ0n) is 39.7. The maximum absolute atomic E-state index is 13.9. The van der Waals surface area contributed by atoms with Crippen molar-refractivity contribution in [3.63, 3.8) is 0 Å². The molecular formula is C54H60N8O6. The summed E-state index contributed by atoms with van der Waals surface area (Å²) in [4.78, 5) is 76.5. The molecule has 1 saturated carbocycles. The summed E-state index contributed by atoms with van der Waals surface area (Å²) in [6.07, 6.45) is 8.72. The van der Waals surface area contributed by atoms with Crippen LogP contribution in [0.25, 0.3) is 55.3 Å². The Balaban J connectivity index is 0.945. The van der Waals surface area contributed by atoms with Crippen LogP contribution in [0, 0.1) is 23.7 Å². The van der Waals surface area contributed by atoms with Crippen molar-refractivity contribution in [3.05, 3.63) is 95.7 Å². The van der Waals surface area contributed by atoms with Crippen molar-refractivity contribution >= 4 is 52.0 Å². The number of hydrogen-bond acceptors (Lipinski definition) is 8. The van der Waals surface area contributed by atoms with Crippen molar-refractivity contribution in [1.29, 1.82) is 0 Å². The maximum Gasteiger partial charge on any atom is 0.432 e. The fraction of sp³-hybridized carbons (Fsp3) is 0.426. The number of carbonyl (C=O) groups excluding carboxylic acids is 4. The van der Waals surface area contributed by atoms with E-state index in [9.17, 15) is 19.2 Å². The Morgan fingerprint density at radius 2 is 1.46 bits per heavy atom. The maximum atomic E-state index is 13.9. The molecule has 6 aromatic rings. The van der Waals surface area contributed by atoms with E-state index in [0.29, 0.717) is 24.9 Å². The van der Waals surface area contributed by atoms with Gasteiger partial charge in [0.2, 0.25) is 11.8 Å². The number of fused-ring (bicyclic) bond motifs is 5. The molecule has 68 heavy (non-hydrogen) atoms. The second-order valence-electron chi connectivity index (χ2n) is 19.7. The lowest BCUT2D eigenvalue weighted by Gasteiger charge is -2.32. The van der Waals surface area contributed by atoms with E-state index in [1.165, 1.54) is 66.5 Å². The lowest BCUT2D eigenvalue weighted by atomic mass is 9.73. The normalized spacial score (nSPS) is 20.8. The molecule has 352 valence electrons. The van der Waals surface area contributed by atoms with E-state index in [0.717, 1.165) is 77.0 Å². The van der Waals surface area contributed by atoms with Crippen LogP contribution in [0.2, 0.25) is 0 Å². The predicted octanol–water partition coefficient (Wildman–Crippen LogP) is 10.3. The topological polar surface area (TPSA) is 175 Å². The number of hydrogen-bond donors (Lipinski definition) is 3. The first-order valence-corrected chi connectivity index (χ1v) is 24.2. The van der Waals surface area contributed by atoms with E-state index in [-0.39, 0.29) is 35.7 Å². The quantitative estimate of drug-likeness (QED) is 0.108. The minimum absolute atomic E-state index is 0.0501. The number of aromatic nitrogens is 4. The van der Waals surface area contributed by atoms with Crippen LogP contribution in [-0.2, 0) is 25.5 Å². The number of alkyl carbamates (subject to hydrolysis) is 1. The van der Waals surface area contributed by atoms with Gasteiger partial charge in [0.15, 0.2) is 0 Å². The van der Waals surface area contributed by atoms with Crippen molar-refractivity contribution < 1.29 is 28.7 Å². The molecule has 4 aliphatic rings. The first-order valence-electron chi connectivity index (χ1n) is 24.2. The highest BCUT2D eigenvalue weighted by atomic mass is 16.5. The average molecular weight is 917 g/mol. The van der Waals surface area contributed by atoms with Gasteiger partial charge in [-0.2, -0.15) is 4.99 Å². The minimum Gasteiger partial charge on any atom is -0.453 e. The molecule has 4 amide bonds. The molecule has 0 bridgehead atoms. The second kappa shape index (κ2) is 18.3. The Hall–Kier alpha value is -6.83. The first-order chi connectivity index (χ1) is 32.9. The number of nitrogens with one attached hydrogen (secondary N) is 3. The van der Waals surface area contributed by atoms with Gasteiger partial charge in [0.05, 0.1) is 55.1 Å².